The second-order valence-electron chi connectivity index (χ2n) is 7.66. The Bertz CT molecular complexity index is 1290. The summed E-state index contributed by atoms with van der Waals surface area (Å²) in [7, 11) is 0. The van der Waals surface area contributed by atoms with Crippen LogP contribution in [0.15, 0.2) is 41.5 Å². The van der Waals surface area contributed by atoms with Crippen molar-refractivity contribution in [1.29, 1.82) is 0 Å². The van der Waals surface area contributed by atoms with Gasteiger partial charge < -0.3 is 20.1 Å². The Labute approximate surface area is 206 Å². The maximum atomic E-state index is 14.2. The summed E-state index contributed by atoms with van der Waals surface area (Å²) >= 11 is 5.77. The standard InChI is InChI=1S/C24H24ClFN4O5/c1-5-18(14(4)35-7-3)30-13-28(6-2)24(34)20-22(32)21(31)16(12-29(20)30)23(33)27-11-15-9-8-10-17(25)19(15)26/h3,8-10,12,18,32H,4-6,11,13H2,1-2H3,(H,27,33)/t18-/m1/s1. The highest BCUT2D eigenvalue weighted by molar-refractivity contribution is 6.30. The van der Waals surface area contributed by atoms with Crippen molar-refractivity contribution >= 4 is 23.4 Å². The molecule has 0 fully saturated rings. The predicted octanol–water partition coefficient (Wildman–Crippen LogP) is 2.55. The Morgan fingerprint density at radius 1 is 1.40 bits per heavy atom. The highest BCUT2D eigenvalue weighted by Gasteiger charge is 2.37. The third-order valence-corrected chi connectivity index (χ3v) is 5.94. The van der Waals surface area contributed by atoms with Crippen molar-refractivity contribution in [3.63, 3.8) is 0 Å². The molecule has 1 aliphatic rings. The number of terminal acetylenes is 1. The van der Waals surface area contributed by atoms with Crippen LogP contribution in [0, 0.1) is 18.3 Å². The second kappa shape index (κ2) is 10.5. The molecule has 2 N–H and O–H groups in total. The Hall–Kier alpha value is -3.97. The molecule has 184 valence electrons. The first-order valence-electron chi connectivity index (χ1n) is 10.7. The zero-order chi connectivity index (χ0) is 25.9. The Morgan fingerprint density at radius 3 is 2.74 bits per heavy atom. The smallest absolute Gasteiger partial charge is 0.277 e. The highest BCUT2D eigenvalue weighted by Crippen LogP contribution is 2.25. The molecular formula is C24H24ClFN4O5. The lowest BCUT2D eigenvalue weighted by Gasteiger charge is -2.43. The van der Waals surface area contributed by atoms with Crippen LogP contribution >= 0.6 is 11.6 Å². The average molecular weight is 503 g/mol. The highest BCUT2D eigenvalue weighted by atomic mass is 35.5. The molecule has 2 amide bonds. The van der Waals surface area contributed by atoms with E-state index < -0.39 is 40.4 Å². The largest absolute Gasteiger partial charge is 0.502 e. The molecule has 3 rings (SSSR count). The van der Waals surface area contributed by atoms with Gasteiger partial charge in [-0.2, -0.15) is 0 Å². The van der Waals surface area contributed by atoms with Gasteiger partial charge in [0.25, 0.3) is 11.8 Å². The number of aromatic hydroxyl groups is 1. The minimum atomic E-state index is -1.04. The number of carbonyl (C=O) groups is 2. The minimum absolute atomic E-state index is 0.0465. The second-order valence-corrected chi connectivity index (χ2v) is 8.07. The Kier molecular flexibility index (Phi) is 7.71. The first-order valence-corrected chi connectivity index (χ1v) is 11.1. The molecular weight excluding hydrogens is 479 g/mol. The number of amides is 2. The van der Waals surface area contributed by atoms with Crippen molar-refractivity contribution in [3.8, 4) is 18.3 Å². The van der Waals surface area contributed by atoms with Gasteiger partial charge in [0.15, 0.2) is 11.4 Å². The SMILES string of the molecule is C#COC(=C)[C@@H](CC)N1CN(CC)C(=O)c2c(O)c(=O)c(C(=O)NCc3cccc(Cl)c3F)cn21. The number of rotatable bonds is 8. The number of halogens is 2. The third-order valence-electron chi connectivity index (χ3n) is 5.65. The summed E-state index contributed by atoms with van der Waals surface area (Å²) in [6, 6.07) is 3.75. The quantitative estimate of drug-likeness (QED) is 0.425. The van der Waals surface area contributed by atoms with Crippen molar-refractivity contribution in [3.05, 3.63) is 74.6 Å². The minimum Gasteiger partial charge on any atom is -0.502 e. The van der Waals surface area contributed by atoms with E-state index in [0.717, 1.165) is 6.20 Å². The van der Waals surface area contributed by atoms with Crippen LogP contribution in [0.25, 0.3) is 0 Å². The fourth-order valence-electron chi connectivity index (χ4n) is 3.81. The van der Waals surface area contributed by atoms with Crippen molar-refractivity contribution in [2.75, 3.05) is 18.2 Å². The number of benzene rings is 1. The van der Waals surface area contributed by atoms with E-state index in [2.05, 4.69) is 18.0 Å². The van der Waals surface area contributed by atoms with Crippen molar-refractivity contribution in [2.45, 2.75) is 32.9 Å². The Balaban J connectivity index is 2.06. The molecule has 0 aliphatic carbocycles. The average Bonchev–Trinajstić information content (AvgIpc) is 2.83. The number of fused-ring (bicyclic) bond motifs is 1. The van der Waals surface area contributed by atoms with Crippen LogP contribution in [0.5, 0.6) is 5.75 Å². The Morgan fingerprint density at radius 2 is 2.11 bits per heavy atom. The normalized spacial score (nSPS) is 13.6. The van der Waals surface area contributed by atoms with Gasteiger partial charge in [-0.3, -0.25) is 24.1 Å². The molecule has 11 heteroatoms. The maximum Gasteiger partial charge on any atom is 0.277 e. The monoisotopic (exact) mass is 502 g/mol. The number of ether oxygens (including phenoxy) is 1. The fraction of sp³-hybridized carbons (Fsp3) is 0.292. The van der Waals surface area contributed by atoms with Crippen LogP contribution in [-0.4, -0.2) is 45.8 Å². The van der Waals surface area contributed by atoms with Gasteiger partial charge in [0.05, 0.1) is 5.02 Å². The van der Waals surface area contributed by atoms with E-state index in [4.69, 9.17) is 22.8 Å². The number of nitrogens with zero attached hydrogens (tertiary/aromatic N) is 3. The first-order chi connectivity index (χ1) is 16.7. The molecule has 2 heterocycles. The molecule has 1 aromatic carbocycles. The fourth-order valence-corrected chi connectivity index (χ4v) is 4.00. The van der Waals surface area contributed by atoms with E-state index >= 15 is 0 Å². The third kappa shape index (κ3) is 4.81. The molecule has 1 aromatic heterocycles. The summed E-state index contributed by atoms with van der Waals surface area (Å²) in [6.07, 6.45) is 8.88. The molecule has 0 saturated carbocycles. The van der Waals surface area contributed by atoms with Crippen LogP contribution < -0.4 is 15.8 Å². The van der Waals surface area contributed by atoms with Crippen LogP contribution in [0.3, 0.4) is 0 Å². The molecule has 0 bridgehead atoms. The van der Waals surface area contributed by atoms with E-state index in [-0.39, 0.29) is 41.8 Å². The first kappa shape index (κ1) is 25.6. The number of hydrogen-bond donors (Lipinski definition) is 2. The van der Waals surface area contributed by atoms with Crippen LogP contribution in [0.1, 0.15) is 46.7 Å². The summed E-state index contributed by atoms with van der Waals surface area (Å²) in [5, 5.41) is 14.6. The number of pyridine rings is 1. The topological polar surface area (TPSA) is 104 Å². The summed E-state index contributed by atoms with van der Waals surface area (Å²) in [5.41, 5.74) is -1.70. The zero-order valence-electron chi connectivity index (χ0n) is 19.2. The van der Waals surface area contributed by atoms with Crippen LogP contribution in [-0.2, 0) is 11.3 Å². The molecule has 2 aromatic rings. The zero-order valence-corrected chi connectivity index (χ0v) is 19.9. The lowest BCUT2D eigenvalue weighted by Crippen LogP contribution is -2.58. The number of aromatic nitrogens is 1. The molecule has 0 saturated heterocycles. The summed E-state index contributed by atoms with van der Waals surface area (Å²) in [6.45, 7) is 7.48. The number of nitrogens with one attached hydrogen (secondary N) is 1. The summed E-state index contributed by atoms with van der Waals surface area (Å²) < 4.78 is 20.5. The molecule has 1 aliphatic heterocycles. The van der Waals surface area contributed by atoms with Crippen LogP contribution in [0.2, 0.25) is 5.02 Å². The molecule has 9 nitrogen and oxygen atoms in total. The van der Waals surface area contributed by atoms with Gasteiger partial charge in [0.2, 0.25) is 5.43 Å². The van der Waals surface area contributed by atoms with Gasteiger partial charge in [-0.05, 0) is 19.4 Å². The summed E-state index contributed by atoms with van der Waals surface area (Å²) in [4.78, 5) is 40.1. The lowest BCUT2D eigenvalue weighted by atomic mass is 10.1. The van der Waals surface area contributed by atoms with Gasteiger partial charge in [-0.15, -0.1) is 0 Å². The van der Waals surface area contributed by atoms with E-state index in [1.165, 1.54) is 27.8 Å². The predicted molar refractivity (Wildman–Crippen MR) is 128 cm³/mol. The van der Waals surface area contributed by atoms with Gasteiger partial charge in [0, 0.05) is 24.8 Å². The molecule has 0 unspecified atom stereocenters. The maximum absolute atomic E-state index is 14.2. The van der Waals surface area contributed by atoms with E-state index in [0.29, 0.717) is 6.42 Å². The lowest BCUT2D eigenvalue weighted by molar-refractivity contribution is 0.0682. The van der Waals surface area contributed by atoms with Crippen molar-refractivity contribution < 1.29 is 23.8 Å². The molecule has 0 spiro atoms. The number of carbonyl (C=O) groups excluding carboxylic acids is 2. The van der Waals surface area contributed by atoms with E-state index in [1.807, 2.05) is 6.92 Å². The summed E-state index contributed by atoms with van der Waals surface area (Å²) in [5.74, 6) is -2.86. The van der Waals surface area contributed by atoms with Gasteiger partial charge in [-0.1, -0.05) is 43.7 Å². The van der Waals surface area contributed by atoms with E-state index in [9.17, 15) is 23.9 Å². The van der Waals surface area contributed by atoms with Gasteiger partial charge in [-0.25, -0.2) is 4.39 Å². The van der Waals surface area contributed by atoms with Gasteiger partial charge >= 0.3 is 0 Å². The molecule has 35 heavy (non-hydrogen) atoms. The van der Waals surface area contributed by atoms with Crippen LogP contribution in [0.4, 0.5) is 4.39 Å². The van der Waals surface area contributed by atoms with Crippen molar-refractivity contribution in [1.82, 2.24) is 14.9 Å². The molecule has 0 radical (unpaired) electrons. The van der Waals surface area contributed by atoms with E-state index in [1.54, 1.807) is 11.9 Å². The van der Waals surface area contributed by atoms with Crippen molar-refractivity contribution in [2.24, 2.45) is 0 Å². The van der Waals surface area contributed by atoms with Gasteiger partial charge in [0.1, 0.15) is 36.0 Å². The number of hydrogen-bond acceptors (Lipinski definition) is 6. The molecule has 1 atom stereocenters.